The molecule has 0 saturated carbocycles. The third-order valence-corrected chi connectivity index (χ3v) is 3.47. The number of thioether (sulfide) groups is 1. The number of carbonyl (C=O) groups is 1. The van der Waals surface area contributed by atoms with Gasteiger partial charge in [-0.3, -0.25) is 4.79 Å². The Morgan fingerprint density at radius 3 is 2.68 bits per heavy atom. The van der Waals surface area contributed by atoms with Crippen LogP contribution in [0.15, 0.2) is 29.4 Å². The number of hydrogen-bond acceptors (Lipinski definition) is 5. The van der Waals surface area contributed by atoms with Crippen molar-refractivity contribution in [2.24, 2.45) is 7.05 Å². The molecular weight excluding hydrogens is 269 g/mol. The van der Waals surface area contributed by atoms with Gasteiger partial charge in [-0.25, -0.2) is 9.07 Å². The molecule has 1 aromatic heterocycles. The van der Waals surface area contributed by atoms with Gasteiger partial charge in [0.05, 0.1) is 5.25 Å². The first-order valence-electron chi connectivity index (χ1n) is 5.51. The Balaban J connectivity index is 1.96. The summed E-state index contributed by atoms with van der Waals surface area (Å²) in [4.78, 5) is 11.9. The number of aryl methyl sites for hydroxylation is 1. The van der Waals surface area contributed by atoms with E-state index in [9.17, 15) is 9.18 Å². The van der Waals surface area contributed by atoms with E-state index in [1.165, 1.54) is 40.7 Å². The summed E-state index contributed by atoms with van der Waals surface area (Å²) in [5.41, 5.74) is 0.551. The van der Waals surface area contributed by atoms with Crippen LogP contribution in [-0.2, 0) is 11.8 Å². The van der Waals surface area contributed by atoms with Gasteiger partial charge in [0.2, 0.25) is 11.1 Å². The number of halogens is 1. The van der Waals surface area contributed by atoms with Crippen molar-refractivity contribution in [3.8, 4) is 0 Å². The van der Waals surface area contributed by atoms with Gasteiger partial charge in [-0.05, 0) is 41.6 Å². The van der Waals surface area contributed by atoms with E-state index >= 15 is 0 Å². The highest BCUT2D eigenvalue weighted by Gasteiger charge is 2.17. The van der Waals surface area contributed by atoms with Gasteiger partial charge in [0.25, 0.3) is 0 Å². The zero-order valence-electron chi connectivity index (χ0n) is 10.4. The predicted molar refractivity (Wildman–Crippen MR) is 69.1 cm³/mol. The van der Waals surface area contributed by atoms with Crippen molar-refractivity contribution < 1.29 is 9.18 Å². The van der Waals surface area contributed by atoms with Crippen molar-refractivity contribution in [2.45, 2.75) is 17.3 Å². The van der Waals surface area contributed by atoms with Crippen LogP contribution in [0.25, 0.3) is 0 Å². The molecule has 0 radical (unpaired) electrons. The second kappa shape index (κ2) is 5.79. The molecular formula is C11H12FN5OS. The summed E-state index contributed by atoms with van der Waals surface area (Å²) in [5, 5.41) is 13.9. The SMILES string of the molecule is C[C@H](Sc1nnnn1C)C(=O)Nc1ccc(F)cc1. The van der Waals surface area contributed by atoms with Gasteiger partial charge in [-0.2, -0.15) is 0 Å². The molecule has 1 aromatic carbocycles. The van der Waals surface area contributed by atoms with Gasteiger partial charge >= 0.3 is 0 Å². The minimum Gasteiger partial charge on any atom is -0.325 e. The summed E-state index contributed by atoms with van der Waals surface area (Å²) in [5.74, 6) is -0.537. The van der Waals surface area contributed by atoms with Crippen LogP contribution in [0.1, 0.15) is 6.92 Å². The highest BCUT2D eigenvalue weighted by Crippen LogP contribution is 2.20. The predicted octanol–water partition coefficient (Wildman–Crippen LogP) is 1.47. The fraction of sp³-hybridized carbons (Fsp3) is 0.273. The highest BCUT2D eigenvalue weighted by molar-refractivity contribution is 8.00. The third-order valence-electron chi connectivity index (χ3n) is 2.34. The van der Waals surface area contributed by atoms with E-state index in [-0.39, 0.29) is 17.0 Å². The molecule has 19 heavy (non-hydrogen) atoms. The first-order valence-corrected chi connectivity index (χ1v) is 6.39. The number of anilines is 1. The average molecular weight is 281 g/mol. The topological polar surface area (TPSA) is 72.7 Å². The molecule has 1 heterocycles. The molecule has 0 spiro atoms. The Kier molecular flexibility index (Phi) is 4.10. The maximum absolute atomic E-state index is 12.7. The van der Waals surface area contributed by atoms with Crippen molar-refractivity contribution >= 4 is 23.4 Å². The molecule has 100 valence electrons. The van der Waals surface area contributed by atoms with Gasteiger partial charge in [0.15, 0.2) is 0 Å². The van der Waals surface area contributed by atoms with Crippen LogP contribution in [0, 0.1) is 5.82 Å². The highest BCUT2D eigenvalue weighted by atomic mass is 32.2. The molecule has 0 saturated heterocycles. The second-order valence-electron chi connectivity index (χ2n) is 3.84. The zero-order chi connectivity index (χ0) is 13.8. The summed E-state index contributed by atoms with van der Waals surface area (Å²) in [7, 11) is 1.70. The van der Waals surface area contributed by atoms with E-state index in [0.717, 1.165) is 0 Å². The van der Waals surface area contributed by atoms with Crippen LogP contribution in [0.4, 0.5) is 10.1 Å². The minimum absolute atomic E-state index is 0.195. The van der Waals surface area contributed by atoms with Gasteiger partial charge in [-0.1, -0.05) is 11.8 Å². The van der Waals surface area contributed by atoms with E-state index in [1.54, 1.807) is 14.0 Å². The van der Waals surface area contributed by atoms with Crippen LogP contribution >= 0.6 is 11.8 Å². The van der Waals surface area contributed by atoms with Crippen LogP contribution in [-0.4, -0.2) is 31.4 Å². The van der Waals surface area contributed by atoms with Crippen LogP contribution in [0.5, 0.6) is 0 Å². The standard InChI is InChI=1S/C11H12FN5OS/c1-7(19-11-14-15-16-17(11)2)10(18)13-9-5-3-8(12)4-6-9/h3-7H,1-2H3,(H,13,18)/t7-/m0/s1. The number of rotatable bonds is 4. The summed E-state index contributed by atoms with van der Waals surface area (Å²) in [6.07, 6.45) is 0. The quantitative estimate of drug-likeness (QED) is 0.859. The average Bonchev–Trinajstić information content (AvgIpc) is 2.78. The molecule has 1 N–H and O–H groups in total. The summed E-state index contributed by atoms with van der Waals surface area (Å²) < 4.78 is 14.2. The maximum Gasteiger partial charge on any atom is 0.237 e. The van der Waals surface area contributed by atoms with Gasteiger partial charge < -0.3 is 5.32 Å². The fourth-order valence-electron chi connectivity index (χ4n) is 1.31. The first-order chi connectivity index (χ1) is 9.06. The molecule has 2 aromatic rings. The summed E-state index contributed by atoms with van der Waals surface area (Å²) in [6, 6.07) is 5.60. The number of nitrogens with zero attached hydrogens (tertiary/aromatic N) is 4. The molecule has 0 aliphatic rings. The Labute approximate surface area is 113 Å². The molecule has 8 heteroatoms. The monoisotopic (exact) mass is 281 g/mol. The number of carbonyl (C=O) groups excluding carboxylic acids is 1. The largest absolute Gasteiger partial charge is 0.325 e. The summed E-state index contributed by atoms with van der Waals surface area (Å²) in [6.45, 7) is 1.75. The smallest absolute Gasteiger partial charge is 0.237 e. The number of nitrogens with one attached hydrogen (secondary N) is 1. The number of aromatic nitrogens is 4. The lowest BCUT2D eigenvalue weighted by Crippen LogP contribution is -2.22. The molecule has 0 bridgehead atoms. The molecule has 6 nitrogen and oxygen atoms in total. The fourth-order valence-corrected chi connectivity index (χ4v) is 2.06. The Morgan fingerprint density at radius 1 is 1.42 bits per heavy atom. The number of hydrogen-bond donors (Lipinski definition) is 1. The molecule has 2 rings (SSSR count). The molecule has 1 atom stereocenters. The molecule has 0 aliphatic carbocycles. The van der Waals surface area contributed by atoms with E-state index in [0.29, 0.717) is 10.8 Å². The number of tetrazole rings is 1. The van der Waals surface area contributed by atoms with E-state index in [4.69, 9.17) is 0 Å². The zero-order valence-corrected chi connectivity index (χ0v) is 11.2. The number of benzene rings is 1. The van der Waals surface area contributed by atoms with Crippen molar-refractivity contribution in [3.05, 3.63) is 30.1 Å². The lowest BCUT2D eigenvalue weighted by atomic mass is 10.3. The normalized spacial score (nSPS) is 12.2. The molecule has 0 fully saturated rings. The number of amides is 1. The van der Waals surface area contributed by atoms with Gasteiger partial charge in [0.1, 0.15) is 5.82 Å². The third kappa shape index (κ3) is 3.50. The Hall–Kier alpha value is -1.96. The van der Waals surface area contributed by atoms with E-state index in [2.05, 4.69) is 20.8 Å². The second-order valence-corrected chi connectivity index (χ2v) is 5.15. The molecule has 0 unspecified atom stereocenters. The van der Waals surface area contributed by atoms with Crippen molar-refractivity contribution in [1.29, 1.82) is 0 Å². The van der Waals surface area contributed by atoms with Crippen molar-refractivity contribution in [2.75, 3.05) is 5.32 Å². The van der Waals surface area contributed by atoms with Gasteiger partial charge in [-0.15, -0.1) is 5.10 Å². The van der Waals surface area contributed by atoms with Crippen LogP contribution < -0.4 is 5.32 Å². The van der Waals surface area contributed by atoms with Crippen LogP contribution in [0.3, 0.4) is 0 Å². The Bertz CT molecular complexity index is 571. The van der Waals surface area contributed by atoms with E-state index in [1.807, 2.05) is 0 Å². The maximum atomic E-state index is 12.7. The molecule has 1 amide bonds. The first kappa shape index (κ1) is 13.5. The minimum atomic E-state index is -0.366. The Morgan fingerprint density at radius 2 is 2.11 bits per heavy atom. The van der Waals surface area contributed by atoms with Crippen molar-refractivity contribution in [3.63, 3.8) is 0 Å². The lowest BCUT2D eigenvalue weighted by molar-refractivity contribution is -0.115. The molecule has 0 aliphatic heterocycles. The lowest BCUT2D eigenvalue weighted by Gasteiger charge is -2.10. The van der Waals surface area contributed by atoms with Gasteiger partial charge in [0, 0.05) is 12.7 Å². The van der Waals surface area contributed by atoms with Crippen LogP contribution in [0.2, 0.25) is 0 Å². The summed E-state index contributed by atoms with van der Waals surface area (Å²) >= 11 is 1.25. The van der Waals surface area contributed by atoms with E-state index < -0.39 is 0 Å². The van der Waals surface area contributed by atoms with Crippen molar-refractivity contribution in [1.82, 2.24) is 20.2 Å².